The molecule has 1 rings (SSSR count). The summed E-state index contributed by atoms with van der Waals surface area (Å²) < 4.78 is 10.8. The predicted octanol–water partition coefficient (Wildman–Crippen LogP) is 1.04. The molecule has 1 aliphatic heterocycles. The molecule has 1 heterocycles. The third kappa shape index (κ3) is 5.24. The van der Waals surface area contributed by atoms with E-state index in [4.69, 9.17) is 9.47 Å². The molecule has 1 fully saturated rings. The number of hydrogen-bond donors (Lipinski definition) is 1. The molecule has 0 bridgehead atoms. The fourth-order valence-corrected chi connectivity index (χ4v) is 1.47. The number of hydrogen-bond acceptors (Lipinski definition) is 3. The largest absolute Gasteiger partial charge is 0.379 e. The van der Waals surface area contributed by atoms with E-state index in [1.54, 1.807) is 0 Å². The number of rotatable bonds is 7. The molecule has 1 atom stereocenters. The van der Waals surface area contributed by atoms with Crippen LogP contribution in [-0.4, -0.2) is 39.5 Å². The van der Waals surface area contributed by atoms with Crippen LogP contribution < -0.4 is 5.32 Å². The standard InChI is InChI=1S/C10H21NO2/c1-2-5-12-6-7-13-9-10-3-4-11-8-10/h10-11H,2-9H2,1H3/t10-/m0/s1. The van der Waals surface area contributed by atoms with Crippen molar-refractivity contribution in [3.05, 3.63) is 0 Å². The van der Waals surface area contributed by atoms with Gasteiger partial charge in [-0.1, -0.05) is 6.92 Å². The van der Waals surface area contributed by atoms with Gasteiger partial charge in [0.25, 0.3) is 0 Å². The van der Waals surface area contributed by atoms with Gasteiger partial charge in [0.15, 0.2) is 0 Å². The van der Waals surface area contributed by atoms with E-state index >= 15 is 0 Å². The lowest BCUT2D eigenvalue weighted by atomic mass is 10.1. The Balaban J connectivity index is 1.78. The maximum absolute atomic E-state index is 5.50. The van der Waals surface area contributed by atoms with Crippen LogP contribution in [0.25, 0.3) is 0 Å². The van der Waals surface area contributed by atoms with Gasteiger partial charge < -0.3 is 14.8 Å². The minimum absolute atomic E-state index is 0.728. The van der Waals surface area contributed by atoms with E-state index < -0.39 is 0 Å². The summed E-state index contributed by atoms with van der Waals surface area (Å²) in [5.41, 5.74) is 0. The third-order valence-electron chi connectivity index (χ3n) is 2.24. The molecule has 0 aliphatic carbocycles. The highest BCUT2D eigenvalue weighted by Crippen LogP contribution is 2.06. The Bertz CT molecular complexity index is 113. The molecule has 78 valence electrons. The molecule has 1 saturated heterocycles. The van der Waals surface area contributed by atoms with E-state index in [9.17, 15) is 0 Å². The lowest BCUT2D eigenvalue weighted by molar-refractivity contribution is 0.0360. The number of ether oxygens (including phenoxy) is 2. The summed E-state index contributed by atoms with van der Waals surface area (Å²) in [5, 5.41) is 3.32. The SMILES string of the molecule is CCCOCCOC[C@H]1CCNC1. The van der Waals surface area contributed by atoms with Crippen molar-refractivity contribution < 1.29 is 9.47 Å². The normalized spacial score (nSPS) is 22.4. The van der Waals surface area contributed by atoms with E-state index in [1.165, 1.54) is 6.42 Å². The predicted molar refractivity (Wildman–Crippen MR) is 52.9 cm³/mol. The van der Waals surface area contributed by atoms with Crippen LogP contribution in [0.5, 0.6) is 0 Å². The summed E-state index contributed by atoms with van der Waals surface area (Å²) in [7, 11) is 0. The minimum Gasteiger partial charge on any atom is -0.379 e. The molecule has 0 aromatic rings. The maximum Gasteiger partial charge on any atom is 0.0700 e. The Kier molecular flexibility index (Phi) is 6.15. The highest BCUT2D eigenvalue weighted by Gasteiger charge is 2.13. The van der Waals surface area contributed by atoms with Crippen LogP contribution in [0.15, 0.2) is 0 Å². The summed E-state index contributed by atoms with van der Waals surface area (Å²) in [6.45, 7) is 7.63. The zero-order valence-corrected chi connectivity index (χ0v) is 8.55. The Hall–Kier alpha value is -0.120. The second kappa shape index (κ2) is 7.30. The first-order chi connectivity index (χ1) is 6.43. The van der Waals surface area contributed by atoms with Gasteiger partial charge in [-0.15, -0.1) is 0 Å². The molecular formula is C10H21NO2. The van der Waals surface area contributed by atoms with Crippen LogP contribution in [0.2, 0.25) is 0 Å². The minimum atomic E-state index is 0.728. The van der Waals surface area contributed by atoms with E-state index in [2.05, 4.69) is 12.2 Å². The second-order valence-corrected chi connectivity index (χ2v) is 3.55. The van der Waals surface area contributed by atoms with Gasteiger partial charge in [-0.2, -0.15) is 0 Å². The first-order valence-electron chi connectivity index (χ1n) is 5.29. The van der Waals surface area contributed by atoms with Crippen LogP contribution in [0.3, 0.4) is 0 Å². The Labute approximate surface area is 80.8 Å². The van der Waals surface area contributed by atoms with Crippen LogP contribution >= 0.6 is 0 Å². The first kappa shape index (κ1) is 11.0. The Morgan fingerprint density at radius 3 is 2.77 bits per heavy atom. The Morgan fingerprint density at radius 2 is 2.08 bits per heavy atom. The Morgan fingerprint density at radius 1 is 1.23 bits per heavy atom. The van der Waals surface area contributed by atoms with Crippen LogP contribution in [0.4, 0.5) is 0 Å². The molecule has 0 aromatic heterocycles. The van der Waals surface area contributed by atoms with Crippen molar-refractivity contribution >= 4 is 0 Å². The molecule has 1 aliphatic rings. The van der Waals surface area contributed by atoms with Crippen molar-refractivity contribution in [1.82, 2.24) is 5.32 Å². The topological polar surface area (TPSA) is 30.5 Å². The van der Waals surface area contributed by atoms with E-state index in [0.29, 0.717) is 0 Å². The molecule has 0 saturated carbocycles. The zero-order chi connectivity index (χ0) is 9.36. The molecular weight excluding hydrogens is 166 g/mol. The molecule has 1 N–H and O–H groups in total. The third-order valence-corrected chi connectivity index (χ3v) is 2.24. The van der Waals surface area contributed by atoms with Gasteiger partial charge in [0.1, 0.15) is 0 Å². The average Bonchev–Trinajstić information content (AvgIpc) is 2.63. The molecule has 0 aromatic carbocycles. The summed E-state index contributed by atoms with van der Waals surface area (Å²) in [4.78, 5) is 0. The van der Waals surface area contributed by atoms with Crippen molar-refractivity contribution in [3.63, 3.8) is 0 Å². The van der Waals surface area contributed by atoms with Gasteiger partial charge >= 0.3 is 0 Å². The van der Waals surface area contributed by atoms with E-state index in [1.807, 2.05) is 0 Å². The van der Waals surface area contributed by atoms with Gasteiger partial charge in [-0.3, -0.25) is 0 Å². The molecule has 13 heavy (non-hydrogen) atoms. The van der Waals surface area contributed by atoms with Gasteiger partial charge in [0.2, 0.25) is 0 Å². The van der Waals surface area contributed by atoms with Gasteiger partial charge in [-0.25, -0.2) is 0 Å². The van der Waals surface area contributed by atoms with E-state index in [-0.39, 0.29) is 0 Å². The highest BCUT2D eigenvalue weighted by molar-refractivity contribution is 4.69. The van der Waals surface area contributed by atoms with Crippen molar-refractivity contribution in [2.75, 3.05) is 39.5 Å². The highest BCUT2D eigenvalue weighted by atomic mass is 16.5. The first-order valence-corrected chi connectivity index (χ1v) is 5.29. The summed E-state index contributed by atoms with van der Waals surface area (Å²) >= 11 is 0. The molecule has 0 unspecified atom stereocenters. The fraction of sp³-hybridized carbons (Fsp3) is 1.00. The van der Waals surface area contributed by atoms with Crippen molar-refractivity contribution in [1.29, 1.82) is 0 Å². The lowest BCUT2D eigenvalue weighted by Crippen LogP contribution is -2.15. The summed E-state index contributed by atoms with van der Waals surface area (Å²) in [5.74, 6) is 0.728. The van der Waals surface area contributed by atoms with Crippen molar-refractivity contribution in [2.24, 2.45) is 5.92 Å². The van der Waals surface area contributed by atoms with Crippen molar-refractivity contribution in [2.45, 2.75) is 19.8 Å². The molecule has 3 nitrogen and oxygen atoms in total. The van der Waals surface area contributed by atoms with Crippen LogP contribution in [-0.2, 0) is 9.47 Å². The quantitative estimate of drug-likeness (QED) is 0.604. The lowest BCUT2D eigenvalue weighted by Gasteiger charge is -2.09. The smallest absolute Gasteiger partial charge is 0.0700 e. The fourth-order valence-electron chi connectivity index (χ4n) is 1.47. The van der Waals surface area contributed by atoms with Gasteiger partial charge in [-0.05, 0) is 25.3 Å². The average molecular weight is 187 g/mol. The zero-order valence-electron chi connectivity index (χ0n) is 8.55. The number of nitrogens with one attached hydrogen (secondary N) is 1. The van der Waals surface area contributed by atoms with E-state index in [0.717, 1.165) is 51.9 Å². The van der Waals surface area contributed by atoms with Crippen LogP contribution in [0.1, 0.15) is 19.8 Å². The van der Waals surface area contributed by atoms with Gasteiger partial charge in [0.05, 0.1) is 19.8 Å². The van der Waals surface area contributed by atoms with Gasteiger partial charge in [0, 0.05) is 13.2 Å². The summed E-state index contributed by atoms with van der Waals surface area (Å²) in [6, 6.07) is 0. The molecule has 3 heteroatoms. The molecule has 0 radical (unpaired) electrons. The molecule has 0 amide bonds. The summed E-state index contributed by atoms with van der Waals surface area (Å²) in [6.07, 6.45) is 2.35. The monoisotopic (exact) mass is 187 g/mol. The maximum atomic E-state index is 5.50. The van der Waals surface area contributed by atoms with Crippen LogP contribution in [0, 0.1) is 5.92 Å². The van der Waals surface area contributed by atoms with Crippen molar-refractivity contribution in [3.8, 4) is 0 Å². The molecule has 0 spiro atoms. The second-order valence-electron chi connectivity index (χ2n) is 3.55.